The minimum absolute atomic E-state index is 0.0936. The van der Waals surface area contributed by atoms with Gasteiger partial charge in [-0.1, -0.05) is 18.2 Å². The van der Waals surface area contributed by atoms with Crippen molar-refractivity contribution in [2.45, 2.75) is 12.6 Å². The molecule has 110 valence electrons. The third kappa shape index (κ3) is 2.26. The van der Waals surface area contributed by atoms with Crippen molar-refractivity contribution >= 4 is 5.97 Å². The summed E-state index contributed by atoms with van der Waals surface area (Å²) < 4.78 is 53.2. The maximum atomic E-state index is 13.5. The predicted octanol–water partition coefficient (Wildman–Crippen LogP) is 2.22. The Labute approximate surface area is 112 Å². The topological polar surface area (TPSA) is 49.3 Å². The monoisotopic (exact) mass is 291 g/mol. The predicted molar refractivity (Wildman–Crippen MR) is 62.6 cm³/mol. The first-order valence-electron chi connectivity index (χ1n) is 6.03. The number of alkyl halides is 3. The maximum Gasteiger partial charge on any atom is 0.406 e. The Balaban J connectivity index is 2.35. The lowest BCUT2D eigenvalue weighted by molar-refractivity contribution is -0.236. The van der Waals surface area contributed by atoms with Crippen molar-refractivity contribution in [1.29, 1.82) is 0 Å². The van der Waals surface area contributed by atoms with Gasteiger partial charge in [0.25, 0.3) is 0 Å². The molecule has 1 aliphatic heterocycles. The summed E-state index contributed by atoms with van der Waals surface area (Å²) >= 11 is 0. The van der Waals surface area contributed by atoms with Crippen molar-refractivity contribution in [2.24, 2.45) is 11.3 Å². The van der Waals surface area contributed by atoms with Gasteiger partial charge in [-0.3, -0.25) is 4.79 Å². The fourth-order valence-corrected chi connectivity index (χ4v) is 2.64. The molecule has 0 bridgehead atoms. The molecule has 2 atom stereocenters. The molecule has 7 heteroatoms. The van der Waals surface area contributed by atoms with Crippen LogP contribution in [0.4, 0.5) is 17.6 Å². The van der Waals surface area contributed by atoms with E-state index in [1.54, 1.807) is 0 Å². The van der Waals surface area contributed by atoms with Crippen LogP contribution in [0.25, 0.3) is 0 Å². The molecule has 1 aromatic carbocycles. The van der Waals surface area contributed by atoms with Gasteiger partial charge in [0.2, 0.25) is 0 Å². The zero-order valence-electron chi connectivity index (χ0n) is 10.4. The van der Waals surface area contributed by atoms with E-state index in [4.69, 9.17) is 5.11 Å². The molecule has 0 aliphatic carbocycles. The second-order valence-electron chi connectivity index (χ2n) is 4.90. The highest BCUT2D eigenvalue weighted by Crippen LogP contribution is 2.47. The van der Waals surface area contributed by atoms with Crippen LogP contribution in [0.2, 0.25) is 0 Å². The Morgan fingerprint density at radius 3 is 2.60 bits per heavy atom. The van der Waals surface area contributed by atoms with Crippen LogP contribution < -0.4 is 5.32 Å². The van der Waals surface area contributed by atoms with E-state index in [1.165, 1.54) is 18.2 Å². The van der Waals surface area contributed by atoms with E-state index in [-0.39, 0.29) is 18.5 Å². The third-order valence-corrected chi connectivity index (χ3v) is 3.80. The molecule has 0 spiro atoms. The van der Waals surface area contributed by atoms with Crippen LogP contribution in [0.3, 0.4) is 0 Å². The number of halogens is 4. The molecule has 0 amide bonds. The van der Waals surface area contributed by atoms with Crippen LogP contribution in [-0.2, 0) is 11.2 Å². The fraction of sp³-hybridized carbons (Fsp3) is 0.462. The van der Waals surface area contributed by atoms with Gasteiger partial charge in [-0.2, -0.15) is 13.2 Å². The molecule has 3 nitrogen and oxygen atoms in total. The van der Waals surface area contributed by atoms with Gasteiger partial charge in [0.15, 0.2) is 5.41 Å². The van der Waals surface area contributed by atoms with Crippen molar-refractivity contribution in [1.82, 2.24) is 5.32 Å². The minimum atomic E-state index is -4.89. The minimum Gasteiger partial charge on any atom is -0.481 e. The molecule has 0 aromatic heterocycles. The second kappa shape index (κ2) is 5.05. The highest BCUT2D eigenvalue weighted by molar-refractivity contribution is 5.77. The molecule has 20 heavy (non-hydrogen) atoms. The number of hydrogen-bond acceptors (Lipinski definition) is 2. The number of nitrogens with one attached hydrogen (secondary N) is 1. The SMILES string of the molecule is O=C(O)C1(C(F)(F)F)CNCC1Cc1ccccc1F. The smallest absolute Gasteiger partial charge is 0.406 e. The molecule has 0 radical (unpaired) electrons. The van der Waals surface area contributed by atoms with E-state index in [1.807, 2.05) is 0 Å². The van der Waals surface area contributed by atoms with Crippen molar-refractivity contribution in [3.8, 4) is 0 Å². The number of benzene rings is 1. The van der Waals surface area contributed by atoms with Gasteiger partial charge in [0.1, 0.15) is 5.82 Å². The second-order valence-corrected chi connectivity index (χ2v) is 4.90. The van der Waals surface area contributed by atoms with Crippen LogP contribution in [0.1, 0.15) is 5.56 Å². The Hall–Kier alpha value is -1.63. The molecular weight excluding hydrogens is 278 g/mol. The van der Waals surface area contributed by atoms with Crippen molar-refractivity contribution < 1.29 is 27.5 Å². The number of carboxylic acid groups (broad SMARTS) is 1. The molecule has 2 unspecified atom stereocenters. The van der Waals surface area contributed by atoms with Crippen LogP contribution >= 0.6 is 0 Å². The average Bonchev–Trinajstić information content (AvgIpc) is 2.76. The molecule has 2 N–H and O–H groups in total. The van der Waals surface area contributed by atoms with Gasteiger partial charge in [0.05, 0.1) is 0 Å². The van der Waals surface area contributed by atoms with Crippen LogP contribution in [0.5, 0.6) is 0 Å². The summed E-state index contributed by atoms with van der Waals surface area (Å²) in [6.07, 6.45) is -5.16. The van der Waals surface area contributed by atoms with E-state index < -0.39 is 35.8 Å². The lowest BCUT2D eigenvalue weighted by atomic mass is 9.74. The fourth-order valence-electron chi connectivity index (χ4n) is 2.64. The van der Waals surface area contributed by atoms with Gasteiger partial charge in [0, 0.05) is 12.5 Å². The Kier molecular flexibility index (Phi) is 3.73. The first kappa shape index (κ1) is 14.8. The summed E-state index contributed by atoms with van der Waals surface area (Å²) in [6.45, 7) is -0.800. The quantitative estimate of drug-likeness (QED) is 0.840. The Morgan fingerprint density at radius 1 is 1.40 bits per heavy atom. The van der Waals surface area contributed by atoms with Gasteiger partial charge >= 0.3 is 12.1 Å². The van der Waals surface area contributed by atoms with Gasteiger partial charge < -0.3 is 10.4 Å². The van der Waals surface area contributed by atoms with E-state index >= 15 is 0 Å². The summed E-state index contributed by atoms with van der Waals surface area (Å²) in [6, 6.07) is 5.46. The van der Waals surface area contributed by atoms with Crippen molar-refractivity contribution in [3.63, 3.8) is 0 Å². The molecule has 1 heterocycles. The normalized spacial score (nSPS) is 26.7. The van der Waals surface area contributed by atoms with Gasteiger partial charge in [-0.25, -0.2) is 4.39 Å². The zero-order valence-corrected chi connectivity index (χ0v) is 10.4. The van der Waals surface area contributed by atoms with Crippen LogP contribution in [0.15, 0.2) is 24.3 Å². The zero-order chi connectivity index (χ0) is 15.0. The summed E-state index contributed by atoms with van der Waals surface area (Å²) in [7, 11) is 0. The molecule has 1 aliphatic rings. The Bertz CT molecular complexity index is 517. The lowest BCUT2D eigenvalue weighted by Gasteiger charge is -2.32. The van der Waals surface area contributed by atoms with E-state index in [0.29, 0.717) is 0 Å². The van der Waals surface area contributed by atoms with Crippen LogP contribution in [-0.4, -0.2) is 30.3 Å². The molecule has 0 saturated carbocycles. The van der Waals surface area contributed by atoms with Gasteiger partial charge in [-0.05, 0) is 24.6 Å². The number of carbonyl (C=O) groups is 1. The lowest BCUT2D eigenvalue weighted by Crippen LogP contribution is -2.51. The largest absolute Gasteiger partial charge is 0.481 e. The number of aliphatic carboxylic acids is 1. The molecule has 1 fully saturated rings. The van der Waals surface area contributed by atoms with E-state index in [9.17, 15) is 22.4 Å². The summed E-state index contributed by atoms with van der Waals surface area (Å²) in [5.41, 5.74) is -2.77. The molecular formula is C13H13F4NO2. The first-order valence-corrected chi connectivity index (χ1v) is 6.03. The summed E-state index contributed by atoms with van der Waals surface area (Å²) in [5, 5.41) is 11.5. The first-order chi connectivity index (χ1) is 9.29. The Morgan fingerprint density at radius 2 is 2.05 bits per heavy atom. The molecule has 1 aromatic rings. The number of hydrogen-bond donors (Lipinski definition) is 2. The standard InChI is InChI=1S/C13H13F4NO2/c14-10-4-2-1-3-8(10)5-9-6-18-7-12(9,11(19)20)13(15,16)17/h1-4,9,18H,5-7H2,(H,19,20). The molecule has 2 rings (SSSR count). The summed E-state index contributed by atoms with van der Waals surface area (Å²) in [5.74, 6) is -3.78. The highest BCUT2D eigenvalue weighted by Gasteiger charge is 2.66. The van der Waals surface area contributed by atoms with Crippen LogP contribution in [0, 0.1) is 17.2 Å². The number of carboxylic acids is 1. The van der Waals surface area contributed by atoms with E-state index in [0.717, 1.165) is 6.07 Å². The maximum absolute atomic E-state index is 13.5. The number of rotatable bonds is 3. The highest BCUT2D eigenvalue weighted by atomic mass is 19.4. The molecule has 1 saturated heterocycles. The van der Waals surface area contributed by atoms with Crippen molar-refractivity contribution in [2.75, 3.05) is 13.1 Å². The average molecular weight is 291 g/mol. The van der Waals surface area contributed by atoms with Crippen molar-refractivity contribution in [3.05, 3.63) is 35.6 Å². The van der Waals surface area contributed by atoms with E-state index in [2.05, 4.69) is 5.32 Å². The van der Waals surface area contributed by atoms with Gasteiger partial charge in [-0.15, -0.1) is 0 Å². The summed E-state index contributed by atoms with van der Waals surface area (Å²) in [4.78, 5) is 11.2. The third-order valence-electron chi connectivity index (χ3n) is 3.80.